The fraction of sp³-hybridized carbons (Fsp3) is 0.333. The third kappa shape index (κ3) is 3.78. The van der Waals surface area contributed by atoms with Crippen LogP contribution in [0.2, 0.25) is 0 Å². The minimum Gasteiger partial charge on any atom is -0.345 e. The van der Waals surface area contributed by atoms with Crippen molar-refractivity contribution in [2.24, 2.45) is 0 Å². The molecule has 2 aromatic rings. The van der Waals surface area contributed by atoms with Gasteiger partial charge in [-0.3, -0.25) is 9.59 Å². The summed E-state index contributed by atoms with van der Waals surface area (Å²) in [6, 6.07) is 4.58. The lowest BCUT2D eigenvalue weighted by atomic mass is 10.1. The van der Waals surface area contributed by atoms with Crippen LogP contribution in [0.3, 0.4) is 0 Å². The highest BCUT2D eigenvalue weighted by Gasteiger charge is 2.36. The summed E-state index contributed by atoms with van der Waals surface area (Å²) in [5.41, 5.74) is -0.798. The normalized spacial score (nSPS) is 17.8. The van der Waals surface area contributed by atoms with Crippen molar-refractivity contribution in [3.63, 3.8) is 0 Å². The van der Waals surface area contributed by atoms with Gasteiger partial charge in [-0.15, -0.1) is 0 Å². The Balaban J connectivity index is 1.67. The predicted molar refractivity (Wildman–Crippen MR) is 77.0 cm³/mol. The molecule has 2 heterocycles. The second-order valence-corrected chi connectivity index (χ2v) is 5.60. The number of hydrogen-bond acceptors (Lipinski definition) is 5. The van der Waals surface area contributed by atoms with Crippen LogP contribution in [0, 0.1) is 0 Å². The summed E-state index contributed by atoms with van der Waals surface area (Å²) in [5.74, 6) is -0.892. The lowest BCUT2D eigenvalue weighted by molar-refractivity contribution is -0.139. The molecule has 1 aromatic carbocycles. The summed E-state index contributed by atoms with van der Waals surface area (Å²) in [6.45, 7) is -0.0611. The molecular formula is C15H13F3N4O3. The van der Waals surface area contributed by atoms with Crippen molar-refractivity contribution in [2.75, 3.05) is 6.54 Å². The Bertz CT molecular complexity index is 777. The number of aromatic nitrogens is 2. The molecule has 3 rings (SSSR count). The van der Waals surface area contributed by atoms with Crippen molar-refractivity contribution in [3.05, 3.63) is 47.3 Å². The van der Waals surface area contributed by atoms with E-state index in [1.54, 1.807) is 0 Å². The molecule has 1 aliphatic heterocycles. The Hall–Kier alpha value is -2.91. The molecule has 1 fully saturated rings. The zero-order chi connectivity index (χ0) is 18.0. The molecule has 10 heteroatoms. The number of nitrogens with zero attached hydrogens (tertiary/aromatic N) is 3. The molecule has 132 valence electrons. The van der Waals surface area contributed by atoms with Crippen LogP contribution in [0.15, 0.2) is 35.1 Å². The van der Waals surface area contributed by atoms with Crippen LogP contribution in [0.4, 0.5) is 13.2 Å². The molecule has 1 saturated heterocycles. The minimum absolute atomic E-state index is 0.00516. The monoisotopic (exact) mass is 354 g/mol. The van der Waals surface area contributed by atoms with Crippen molar-refractivity contribution in [1.29, 1.82) is 0 Å². The number of carbonyl (C=O) groups is 2. The fourth-order valence-electron chi connectivity index (χ4n) is 2.69. The smallest absolute Gasteiger partial charge is 0.345 e. The second-order valence-electron chi connectivity index (χ2n) is 5.60. The molecule has 1 aromatic heterocycles. The molecule has 25 heavy (non-hydrogen) atoms. The van der Waals surface area contributed by atoms with Crippen LogP contribution in [-0.2, 0) is 17.5 Å². The summed E-state index contributed by atoms with van der Waals surface area (Å²) in [4.78, 5) is 25.2. The molecular weight excluding hydrogens is 341 g/mol. The average Bonchev–Trinajstić information content (AvgIpc) is 3.18. The lowest BCUT2D eigenvalue weighted by Crippen LogP contribution is -2.37. The van der Waals surface area contributed by atoms with E-state index in [1.165, 1.54) is 23.1 Å². The highest BCUT2D eigenvalue weighted by molar-refractivity contribution is 5.92. The number of hydrogen-bond donors (Lipinski definition) is 1. The molecule has 0 bridgehead atoms. The van der Waals surface area contributed by atoms with Gasteiger partial charge in [-0.2, -0.15) is 13.2 Å². The summed E-state index contributed by atoms with van der Waals surface area (Å²) >= 11 is 0. The highest BCUT2D eigenvalue weighted by Crippen LogP contribution is 2.32. The van der Waals surface area contributed by atoms with E-state index in [9.17, 15) is 22.8 Å². The number of alkyl halides is 3. The largest absolute Gasteiger partial charge is 0.416 e. The SMILES string of the molecule is O=C(NC1CC(=O)N(Cc2ccccc2C(F)(F)F)C1)c1cnon1. The van der Waals surface area contributed by atoms with Gasteiger partial charge in [0.25, 0.3) is 5.91 Å². The number of rotatable bonds is 4. The first-order valence-corrected chi connectivity index (χ1v) is 7.36. The molecule has 1 unspecified atom stereocenters. The Morgan fingerprint density at radius 1 is 1.36 bits per heavy atom. The standard InChI is InChI=1S/C15H13F3N4O3/c16-15(17,18)11-4-2-1-3-9(11)7-22-8-10(5-13(22)23)20-14(24)12-6-19-25-21-12/h1-4,6,10H,5,7-8H2,(H,20,24). The highest BCUT2D eigenvalue weighted by atomic mass is 19.4. The zero-order valence-corrected chi connectivity index (χ0v) is 12.8. The van der Waals surface area contributed by atoms with Crippen LogP contribution in [0.1, 0.15) is 28.0 Å². The number of carbonyl (C=O) groups excluding carboxylic acids is 2. The van der Waals surface area contributed by atoms with E-state index in [0.29, 0.717) is 0 Å². The third-order valence-electron chi connectivity index (χ3n) is 3.83. The Morgan fingerprint density at radius 3 is 2.80 bits per heavy atom. The van der Waals surface area contributed by atoms with Gasteiger partial charge in [0, 0.05) is 19.5 Å². The van der Waals surface area contributed by atoms with Crippen LogP contribution in [0.5, 0.6) is 0 Å². The van der Waals surface area contributed by atoms with Gasteiger partial charge in [-0.1, -0.05) is 23.4 Å². The van der Waals surface area contributed by atoms with E-state index >= 15 is 0 Å². The van der Waals surface area contributed by atoms with Crippen molar-refractivity contribution in [2.45, 2.75) is 25.2 Å². The zero-order valence-electron chi connectivity index (χ0n) is 12.8. The van der Waals surface area contributed by atoms with E-state index in [1.807, 2.05) is 0 Å². The molecule has 0 radical (unpaired) electrons. The van der Waals surface area contributed by atoms with Gasteiger partial charge in [0.05, 0.1) is 11.6 Å². The van der Waals surface area contributed by atoms with Gasteiger partial charge in [0.1, 0.15) is 6.20 Å². The molecule has 0 aliphatic carbocycles. The molecule has 0 saturated carbocycles. The Labute approximate surface area is 139 Å². The number of amides is 2. The third-order valence-corrected chi connectivity index (χ3v) is 3.83. The maximum atomic E-state index is 13.0. The molecule has 1 N–H and O–H groups in total. The van der Waals surface area contributed by atoms with Crippen LogP contribution in [-0.4, -0.2) is 39.6 Å². The van der Waals surface area contributed by atoms with Crippen LogP contribution < -0.4 is 5.32 Å². The van der Waals surface area contributed by atoms with Gasteiger partial charge in [-0.25, -0.2) is 4.63 Å². The van der Waals surface area contributed by atoms with E-state index in [-0.39, 0.29) is 36.7 Å². The van der Waals surface area contributed by atoms with Crippen LogP contribution >= 0.6 is 0 Å². The van der Waals surface area contributed by atoms with E-state index in [2.05, 4.69) is 20.3 Å². The fourth-order valence-corrected chi connectivity index (χ4v) is 2.69. The first-order valence-electron chi connectivity index (χ1n) is 7.36. The van der Waals surface area contributed by atoms with E-state index in [4.69, 9.17) is 0 Å². The lowest BCUT2D eigenvalue weighted by Gasteiger charge is -2.20. The summed E-state index contributed by atoms with van der Waals surface area (Å²) in [7, 11) is 0. The van der Waals surface area contributed by atoms with Crippen LogP contribution in [0.25, 0.3) is 0 Å². The number of halogens is 3. The van der Waals surface area contributed by atoms with E-state index in [0.717, 1.165) is 12.3 Å². The first kappa shape index (κ1) is 16.9. The van der Waals surface area contributed by atoms with Crippen molar-refractivity contribution in [3.8, 4) is 0 Å². The van der Waals surface area contributed by atoms with Gasteiger partial charge < -0.3 is 10.2 Å². The van der Waals surface area contributed by atoms with Crippen molar-refractivity contribution in [1.82, 2.24) is 20.5 Å². The minimum atomic E-state index is -4.49. The van der Waals surface area contributed by atoms with E-state index < -0.39 is 23.7 Å². The predicted octanol–water partition coefficient (Wildman–Crippen LogP) is 1.62. The first-order chi connectivity index (χ1) is 11.8. The maximum absolute atomic E-state index is 13.0. The van der Waals surface area contributed by atoms with Gasteiger partial charge in [0.15, 0.2) is 5.69 Å². The second kappa shape index (κ2) is 6.54. The summed E-state index contributed by atoms with van der Waals surface area (Å²) in [6.07, 6.45) is -3.36. The summed E-state index contributed by atoms with van der Waals surface area (Å²) < 4.78 is 43.5. The summed E-state index contributed by atoms with van der Waals surface area (Å²) in [5, 5.41) is 9.27. The van der Waals surface area contributed by atoms with Crippen molar-refractivity contribution >= 4 is 11.8 Å². The number of nitrogens with one attached hydrogen (secondary N) is 1. The molecule has 1 aliphatic rings. The molecule has 2 amide bonds. The molecule has 1 atom stereocenters. The quantitative estimate of drug-likeness (QED) is 0.901. The average molecular weight is 354 g/mol. The maximum Gasteiger partial charge on any atom is 0.416 e. The van der Waals surface area contributed by atoms with Gasteiger partial charge in [0.2, 0.25) is 5.91 Å². The van der Waals surface area contributed by atoms with Crippen molar-refractivity contribution < 1.29 is 27.4 Å². The Kier molecular flexibility index (Phi) is 4.43. The molecule has 7 nitrogen and oxygen atoms in total. The topological polar surface area (TPSA) is 88.3 Å². The number of likely N-dealkylation sites (tertiary alicyclic amines) is 1. The molecule has 0 spiro atoms. The number of benzene rings is 1. The van der Waals surface area contributed by atoms with Gasteiger partial charge in [-0.05, 0) is 16.8 Å². The Morgan fingerprint density at radius 2 is 2.12 bits per heavy atom. The van der Waals surface area contributed by atoms with Gasteiger partial charge >= 0.3 is 6.18 Å².